The molecule has 0 unspecified atom stereocenters. The molecule has 0 saturated carbocycles. The van der Waals surface area contributed by atoms with Gasteiger partial charge in [-0.2, -0.15) is 0 Å². The summed E-state index contributed by atoms with van der Waals surface area (Å²) in [5, 5.41) is 17.4. The van der Waals surface area contributed by atoms with E-state index >= 15 is 0 Å². The molecule has 0 bridgehead atoms. The van der Waals surface area contributed by atoms with E-state index in [2.05, 4.69) is 15.5 Å². The van der Waals surface area contributed by atoms with Crippen molar-refractivity contribution in [3.05, 3.63) is 23.9 Å². The van der Waals surface area contributed by atoms with Gasteiger partial charge in [0, 0.05) is 18.0 Å². The predicted molar refractivity (Wildman–Crippen MR) is 66.9 cm³/mol. The Hall–Kier alpha value is -1.75. The van der Waals surface area contributed by atoms with Crippen LogP contribution in [0.5, 0.6) is 5.75 Å². The number of aliphatic imine (C=N–C) groups is 1. The summed E-state index contributed by atoms with van der Waals surface area (Å²) < 4.78 is 5.15. The van der Waals surface area contributed by atoms with E-state index in [0.717, 1.165) is 30.0 Å². The van der Waals surface area contributed by atoms with Crippen molar-refractivity contribution >= 4 is 29.2 Å². The van der Waals surface area contributed by atoms with Gasteiger partial charge in [-0.05, 0) is 12.1 Å². The number of hydrogen-bond donors (Lipinski definition) is 2. The van der Waals surface area contributed by atoms with Gasteiger partial charge in [0.1, 0.15) is 11.6 Å². The molecule has 0 fully saturated rings. The maximum Gasteiger partial charge on any atom is 0.170 e. The van der Waals surface area contributed by atoms with Crippen LogP contribution in [0.15, 0.2) is 27.7 Å². The van der Waals surface area contributed by atoms with Crippen molar-refractivity contribution in [3.63, 3.8) is 0 Å². The monoisotopic (exact) mass is 253 g/mol. The molecule has 6 heteroatoms. The number of hydrogen-bond acceptors (Lipinski definition) is 5. The molecular formula is C11H12ClN3O2. The minimum absolute atomic E-state index is 0. The van der Waals surface area contributed by atoms with Crippen LogP contribution in [0.4, 0.5) is 0 Å². The summed E-state index contributed by atoms with van der Waals surface area (Å²) in [6.07, 6.45) is 0.651. The highest BCUT2D eigenvalue weighted by Crippen LogP contribution is 2.23. The van der Waals surface area contributed by atoms with E-state index in [9.17, 15) is 5.11 Å². The number of nitrogens with zero attached hydrogens (tertiary/aromatic N) is 2. The molecule has 5 nitrogen and oxygen atoms in total. The quantitative estimate of drug-likeness (QED) is 0.851. The van der Waals surface area contributed by atoms with E-state index in [1.807, 2.05) is 6.07 Å². The SMILES string of the molecule is Cl.Oc1ccc2c(CC3=NCCN3)noc2c1. The molecule has 2 heterocycles. The minimum atomic E-state index is 0. The first-order chi connectivity index (χ1) is 7.83. The lowest BCUT2D eigenvalue weighted by Gasteiger charge is -1.98. The fourth-order valence-electron chi connectivity index (χ4n) is 1.83. The summed E-state index contributed by atoms with van der Waals surface area (Å²) >= 11 is 0. The molecule has 2 aromatic rings. The Labute approximate surface area is 104 Å². The van der Waals surface area contributed by atoms with Crippen molar-refractivity contribution < 1.29 is 9.63 Å². The fraction of sp³-hybridized carbons (Fsp3) is 0.273. The molecule has 90 valence electrons. The molecule has 17 heavy (non-hydrogen) atoms. The molecule has 0 saturated heterocycles. The van der Waals surface area contributed by atoms with Crippen LogP contribution in [0.1, 0.15) is 5.69 Å². The second kappa shape index (κ2) is 4.63. The van der Waals surface area contributed by atoms with Crippen LogP contribution in [-0.2, 0) is 6.42 Å². The Bertz CT molecular complexity index is 565. The number of halogens is 1. The summed E-state index contributed by atoms with van der Waals surface area (Å²) in [7, 11) is 0. The van der Waals surface area contributed by atoms with Crippen LogP contribution in [0.3, 0.4) is 0 Å². The molecule has 0 aliphatic carbocycles. The average molecular weight is 254 g/mol. The van der Waals surface area contributed by atoms with Gasteiger partial charge in [-0.1, -0.05) is 5.16 Å². The highest BCUT2D eigenvalue weighted by molar-refractivity contribution is 5.90. The van der Waals surface area contributed by atoms with Gasteiger partial charge in [-0.25, -0.2) is 0 Å². The maximum atomic E-state index is 9.30. The number of aromatic hydroxyl groups is 1. The molecule has 2 N–H and O–H groups in total. The molecule has 1 aromatic heterocycles. The van der Waals surface area contributed by atoms with Crippen molar-refractivity contribution in [2.75, 3.05) is 13.1 Å². The number of fused-ring (bicyclic) bond motifs is 1. The molecule has 1 aliphatic rings. The number of phenols is 1. The van der Waals surface area contributed by atoms with E-state index in [-0.39, 0.29) is 18.2 Å². The Morgan fingerprint density at radius 2 is 2.29 bits per heavy atom. The largest absolute Gasteiger partial charge is 0.508 e. The lowest BCUT2D eigenvalue weighted by atomic mass is 10.1. The Balaban J connectivity index is 0.00000108. The van der Waals surface area contributed by atoms with E-state index in [4.69, 9.17) is 4.52 Å². The third-order valence-electron chi connectivity index (χ3n) is 2.61. The average Bonchev–Trinajstić information content (AvgIpc) is 2.89. The number of aromatic nitrogens is 1. The van der Waals surface area contributed by atoms with E-state index in [1.165, 1.54) is 0 Å². The molecule has 1 aromatic carbocycles. The van der Waals surface area contributed by atoms with Gasteiger partial charge in [-0.15, -0.1) is 12.4 Å². The number of amidine groups is 1. The zero-order valence-corrected chi connectivity index (χ0v) is 9.83. The van der Waals surface area contributed by atoms with Gasteiger partial charge in [0.25, 0.3) is 0 Å². The van der Waals surface area contributed by atoms with Gasteiger partial charge in [0.2, 0.25) is 0 Å². The molecule has 1 aliphatic heterocycles. The molecular weight excluding hydrogens is 242 g/mol. The first-order valence-corrected chi connectivity index (χ1v) is 5.17. The summed E-state index contributed by atoms with van der Waals surface area (Å²) in [6, 6.07) is 5.01. The third kappa shape index (κ3) is 2.19. The van der Waals surface area contributed by atoms with Gasteiger partial charge >= 0.3 is 0 Å². The van der Waals surface area contributed by atoms with E-state index in [0.29, 0.717) is 12.0 Å². The zero-order valence-electron chi connectivity index (χ0n) is 9.01. The van der Waals surface area contributed by atoms with Crippen LogP contribution in [0.25, 0.3) is 11.0 Å². The maximum absolute atomic E-state index is 9.30. The second-order valence-electron chi connectivity index (χ2n) is 3.74. The van der Waals surface area contributed by atoms with Crippen molar-refractivity contribution in [2.24, 2.45) is 4.99 Å². The van der Waals surface area contributed by atoms with Crippen LogP contribution in [0.2, 0.25) is 0 Å². The summed E-state index contributed by atoms with van der Waals surface area (Å²) in [6.45, 7) is 1.72. The highest BCUT2D eigenvalue weighted by Gasteiger charge is 2.13. The lowest BCUT2D eigenvalue weighted by Crippen LogP contribution is -2.20. The van der Waals surface area contributed by atoms with Crippen molar-refractivity contribution in [1.29, 1.82) is 0 Å². The molecule has 0 radical (unpaired) electrons. The number of benzene rings is 1. The number of nitrogens with one attached hydrogen (secondary N) is 1. The predicted octanol–water partition coefficient (Wildman–Crippen LogP) is 1.50. The molecule has 0 atom stereocenters. The van der Waals surface area contributed by atoms with E-state index < -0.39 is 0 Å². The van der Waals surface area contributed by atoms with Crippen molar-refractivity contribution in [2.45, 2.75) is 6.42 Å². The van der Waals surface area contributed by atoms with Crippen molar-refractivity contribution in [3.8, 4) is 5.75 Å². The lowest BCUT2D eigenvalue weighted by molar-refractivity contribution is 0.443. The minimum Gasteiger partial charge on any atom is -0.508 e. The van der Waals surface area contributed by atoms with Gasteiger partial charge in [0.05, 0.1) is 18.7 Å². The third-order valence-corrected chi connectivity index (χ3v) is 2.61. The topological polar surface area (TPSA) is 70.7 Å². The smallest absolute Gasteiger partial charge is 0.170 e. The Morgan fingerprint density at radius 3 is 3.06 bits per heavy atom. The van der Waals surface area contributed by atoms with E-state index in [1.54, 1.807) is 12.1 Å². The first kappa shape index (κ1) is 11.7. The van der Waals surface area contributed by atoms with Crippen LogP contribution in [0, 0.1) is 0 Å². The van der Waals surface area contributed by atoms with Gasteiger partial charge in [-0.3, -0.25) is 4.99 Å². The number of phenolic OH excluding ortho intramolecular Hbond substituents is 1. The zero-order chi connectivity index (χ0) is 11.0. The molecule has 0 amide bonds. The van der Waals surface area contributed by atoms with Crippen LogP contribution >= 0.6 is 12.4 Å². The summed E-state index contributed by atoms with van der Waals surface area (Å²) in [5.41, 5.74) is 1.46. The number of rotatable bonds is 2. The Morgan fingerprint density at radius 1 is 1.41 bits per heavy atom. The van der Waals surface area contributed by atoms with Crippen molar-refractivity contribution in [1.82, 2.24) is 10.5 Å². The van der Waals surface area contributed by atoms with Gasteiger partial charge in [0.15, 0.2) is 5.58 Å². The van der Waals surface area contributed by atoms with Crippen LogP contribution < -0.4 is 5.32 Å². The van der Waals surface area contributed by atoms with Crippen LogP contribution in [-0.4, -0.2) is 29.2 Å². The first-order valence-electron chi connectivity index (χ1n) is 5.17. The standard InChI is InChI=1S/C11H11N3O2.ClH/c15-7-1-2-8-9(14-16-10(8)5-7)6-11-12-3-4-13-11;/h1-2,5,15H,3-4,6H2,(H,12,13);1H. The molecule has 0 spiro atoms. The molecule has 3 rings (SSSR count). The normalized spacial score (nSPS) is 14.2. The summed E-state index contributed by atoms with van der Waals surface area (Å²) in [5.74, 6) is 1.13. The summed E-state index contributed by atoms with van der Waals surface area (Å²) in [4.78, 5) is 4.31. The highest BCUT2D eigenvalue weighted by atomic mass is 35.5. The van der Waals surface area contributed by atoms with Gasteiger partial charge < -0.3 is 14.9 Å². The second-order valence-corrected chi connectivity index (χ2v) is 3.74. The Kier molecular flexibility index (Phi) is 3.19. The fourth-order valence-corrected chi connectivity index (χ4v) is 1.83.